The second-order valence-corrected chi connectivity index (χ2v) is 5.19. The van der Waals surface area contributed by atoms with Crippen LogP contribution in [0.25, 0.3) is 10.8 Å². The first-order valence-corrected chi connectivity index (χ1v) is 7.21. The fourth-order valence-electron chi connectivity index (χ4n) is 2.70. The topological polar surface area (TPSA) is 46.5 Å². The molecule has 0 aliphatic rings. The minimum atomic E-state index is -4.69. The summed E-state index contributed by atoms with van der Waals surface area (Å²) in [7, 11) is 0. The summed E-state index contributed by atoms with van der Waals surface area (Å²) in [6, 6.07) is 11.2. The maximum Gasteiger partial charge on any atom is 0.396 e. The Labute approximate surface area is 131 Å². The summed E-state index contributed by atoms with van der Waals surface area (Å²) in [4.78, 5) is 11.4. The van der Waals surface area contributed by atoms with E-state index in [0.717, 1.165) is 0 Å². The van der Waals surface area contributed by atoms with Crippen LogP contribution in [0, 0.1) is 5.92 Å². The van der Waals surface area contributed by atoms with E-state index in [4.69, 9.17) is 4.74 Å². The van der Waals surface area contributed by atoms with Gasteiger partial charge in [-0.2, -0.15) is 13.2 Å². The van der Waals surface area contributed by atoms with Gasteiger partial charge in [0.1, 0.15) is 0 Å². The summed E-state index contributed by atoms with van der Waals surface area (Å²) < 4.78 is 45.9. The number of alkyl halides is 3. The van der Waals surface area contributed by atoms with Gasteiger partial charge in [-0.05, 0) is 23.3 Å². The van der Waals surface area contributed by atoms with Gasteiger partial charge in [0.25, 0.3) is 0 Å². The van der Waals surface area contributed by atoms with Gasteiger partial charge in [-0.15, -0.1) is 0 Å². The Morgan fingerprint density at radius 3 is 2.43 bits per heavy atom. The van der Waals surface area contributed by atoms with Crippen molar-refractivity contribution in [3.05, 3.63) is 48.0 Å². The highest BCUT2D eigenvalue weighted by atomic mass is 19.4. The second kappa shape index (κ2) is 7.00. The fraction of sp³-hybridized carbons (Fsp3) is 0.353. The third-order valence-electron chi connectivity index (χ3n) is 3.73. The molecule has 2 atom stereocenters. The van der Waals surface area contributed by atoms with Crippen LogP contribution in [0.5, 0.6) is 0 Å². The lowest BCUT2D eigenvalue weighted by Gasteiger charge is -2.27. The average Bonchev–Trinajstić information content (AvgIpc) is 2.49. The number of carboxylic acid groups (broad SMARTS) is 1. The zero-order valence-corrected chi connectivity index (χ0v) is 12.5. The molecule has 2 aromatic rings. The molecule has 0 spiro atoms. The van der Waals surface area contributed by atoms with E-state index in [0.29, 0.717) is 10.8 Å². The summed E-state index contributed by atoms with van der Waals surface area (Å²) in [6.45, 7) is 1.28. The summed E-state index contributed by atoms with van der Waals surface area (Å²) >= 11 is 0. The molecule has 0 aliphatic carbocycles. The first-order valence-electron chi connectivity index (χ1n) is 7.21. The number of carboxylic acids is 1. The van der Waals surface area contributed by atoms with E-state index < -0.39 is 30.6 Å². The minimum absolute atomic E-state index is 0.0392. The normalized spacial score (nSPS) is 14.6. The molecule has 0 saturated heterocycles. The Morgan fingerprint density at radius 1 is 1.17 bits per heavy atom. The first kappa shape index (κ1) is 17.3. The van der Waals surface area contributed by atoms with Crippen molar-refractivity contribution in [3.8, 4) is 0 Å². The lowest BCUT2D eigenvalue weighted by atomic mass is 9.83. The minimum Gasteiger partial charge on any atom is -0.481 e. The highest BCUT2D eigenvalue weighted by Gasteiger charge is 2.49. The van der Waals surface area contributed by atoms with Gasteiger partial charge in [0, 0.05) is 6.61 Å². The quantitative estimate of drug-likeness (QED) is 0.864. The number of halogens is 3. The molecule has 0 saturated carbocycles. The summed E-state index contributed by atoms with van der Waals surface area (Å²) in [5.41, 5.74) is -0.0392. The molecule has 2 unspecified atom stereocenters. The molecular formula is C17H17F3O3. The molecule has 0 radical (unpaired) electrons. The molecule has 2 rings (SSSR count). The van der Waals surface area contributed by atoms with Crippen molar-refractivity contribution in [3.63, 3.8) is 0 Å². The number of rotatable bonds is 6. The monoisotopic (exact) mass is 326 g/mol. The molecule has 0 bridgehead atoms. The number of fused-ring (bicyclic) bond motifs is 1. The lowest BCUT2D eigenvalue weighted by molar-refractivity contribution is -0.179. The zero-order valence-electron chi connectivity index (χ0n) is 12.5. The number of benzene rings is 2. The third kappa shape index (κ3) is 3.82. The molecule has 6 heteroatoms. The van der Waals surface area contributed by atoms with E-state index >= 15 is 0 Å². The SMILES string of the molecule is CCOCC(C(=O)O)C(c1cccc2ccccc12)C(F)(F)F. The third-order valence-corrected chi connectivity index (χ3v) is 3.73. The van der Waals surface area contributed by atoms with E-state index in [1.165, 1.54) is 12.1 Å². The Kier molecular flexibility index (Phi) is 5.26. The number of aliphatic carboxylic acids is 1. The molecule has 0 heterocycles. The summed E-state index contributed by atoms with van der Waals surface area (Å²) in [6.07, 6.45) is -4.69. The Morgan fingerprint density at radius 2 is 1.83 bits per heavy atom. The molecule has 0 amide bonds. The highest BCUT2D eigenvalue weighted by molar-refractivity contribution is 5.87. The van der Waals surface area contributed by atoms with Crippen molar-refractivity contribution < 1.29 is 27.8 Å². The van der Waals surface area contributed by atoms with Crippen LogP contribution < -0.4 is 0 Å². The molecule has 124 valence electrons. The van der Waals surface area contributed by atoms with Crippen LogP contribution in [-0.4, -0.2) is 30.5 Å². The smallest absolute Gasteiger partial charge is 0.396 e. The number of hydrogen-bond donors (Lipinski definition) is 1. The van der Waals surface area contributed by atoms with E-state index in [1.807, 2.05) is 0 Å². The van der Waals surface area contributed by atoms with Gasteiger partial charge in [-0.3, -0.25) is 4.79 Å². The van der Waals surface area contributed by atoms with Crippen LogP contribution in [0.2, 0.25) is 0 Å². The maximum atomic E-state index is 13.7. The molecule has 0 aliphatic heterocycles. The Balaban J connectivity index is 2.59. The van der Waals surface area contributed by atoms with Crippen molar-refractivity contribution >= 4 is 16.7 Å². The van der Waals surface area contributed by atoms with Crippen molar-refractivity contribution in [1.29, 1.82) is 0 Å². The first-order chi connectivity index (χ1) is 10.9. The van der Waals surface area contributed by atoms with E-state index in [-0.39, 0.29) is 12.2 Å². The van der Waals surface area contributed by atoms with Crippen molar-refractivity contribution in [1.82, 2.24) is 0 Å². The number of carbonyl (C=O) groups is 1. The second-order valence-electron chi connectivity index (χ2n) is 5.19. The molecule has 1 N–H and O–H groups in total. The van der Waals surface area contributed by atoms with Crippen molar-refractivity contribution in [2.75, 3.05) is 13.2 Å². The maximum absolute atomic E-state index is 13.7. The van der Waals surface area contributed by atoms with Crippen molar-refractivity contribution in [2.45, 2.75) is 19.0 Å². The van der Waals surface area contributed by atoms with Gasteiger partial charge in [0.05, 0.1) is 18.4 Å². The predicted octanol–water partition coefficient (Wildman–Crippen LogP) is 4.22. The highest BCUT2D eigenvalue weighted by Crippen LogP contribution is 2.43. The van der Waals surface area contributed by atoms with Gasteiger partial charge >= 0.3 is 12.1 Å². The summed E-state index contributed by atoms with van der Waals surface area (Å²) in [5.74, 6) is -5.34. The number of hydrogen-bond acceptors (Lipinski definition) is 2. The molecular weight excluding hydrogens is 309 g/mol. The van der Waals surface area contributed by atoms with Crippen LogP contribution >= 0.6 is 0 Å². The van der Waals surface area contributed by atoms with Gasteiger partial charge in [-0.1, -0.05) is 42.5 Å². The van der Waals surface area contributed by atoms with Gasteiger partial charge < -0.3 is 9.84 Å². The molecule has 0 aromatic heterocycles. The molecule has 0 fully saturated rings. The van der Waals surface area contributed by atoms with E-state index in [1.54, 1.807) is 37.3 Å². The summed E-state index contributed by atoms with van der Waals surface area (Å²) in [5, 5.41) is 10.3. The van der Waals surface area contributed by atoms with Gasteiger partial charge in [0.15, 0.2) is 0 Å². The van der Waals surface area contributed by atoms with Crippen LogP contribution in [0.4, 0.5) is 13.2 Å². The van der Waals surface area contributed by atoms with E-state index in [2.05, 4.69) is 0 Å². The standard InChI is InChI=1S/C17H17F3O3/c1-2-23-10-14(16(21)22)15(17(18,19)20)13-9-5-7-11-6-3-4-8-12(11)13/h3-9,14-15H,2,10H2,1H3,(H,21,22). The molecule has 3 nitrogen and oxygen atoms in total. The van der Waals surface area contributed by atoms with Crippen LogP contribution in [-0.2, 0) is 9.53 Å². The Hall–Kier alpha value is -2.08. The zero-order chi connectivity index (χ0) is 17.0. The van der Waals surface area contributed by atoms with Gasteiger partial charge in [-0.25, -0.2) is 0 Å². The van der Waals surface area contributed by atoms with Crippen LogP contribution in [0.1, 0.15) is 18.4 Å². The predicted molar refractivity (Wildman–Crippen MR) is 80.4 cm³/mol. The van der Waals surface area contributed by atoms with Crippen LogP contribution in [0.3, 0.4) is 0 Å². The van der Waals surface area contributed by atoms with E-state index in [9.17, 15) is 23.1 Å². The largest absolute Gasteiger partial charge is 0.481 e. The molecule has 2 aromatic carbocycles. The van der Waals surface area contributed by atoms with Crippen molar-refractivity contribution in [2.24, 2.45) is 5.92 Å². The van der Waals surface area contributed by atoms with Crippen LogP contribution in [0.15, 0.2) is 42.5 Å². The lowest BCUT2D eigenvalue weighted by Crippen LogP contribution is -2.36. The molecule has 23 heavy (non-hydrogen) atoms. The van der Waals surface area contributed by atoms with Gasteiger partial charge in [0.2, 0.25) is 0 Å². The average molecular weight is 326 g/mol. The fourth-order valence-corrected chi connectivity index (χ4v) is 2.70. The Bertz CT molecular complexity index is 677. The number of ether oxygens (including phenoxy) is 1.